The number of allylic oxidation sites excluding steroid dienone is 2. The van der Waals surface area contributed by atoms with Gasteiger partial charge in [0.25, 0.3) is 5.97 Å². The summed E-state index contributed by atoms with van der Waals surface area (Å²) in [6.07, 6.45) is 8.01. The molecule has 3 N–H and O–H groups in total. The highest BCUT2D eigenvalue weighted by Gasteiger charge is 1.83. The first kappa shape index (κ1) is 34.4. The second-order valence-corrected chi connectivity index (χ2v) is 6.72. The Bertz CT molecular complexity index is 478. The van der Waals surface area contributed by atoms with Crippen LogP contribution in [0.3, 0.4) is 0 Å². The summed E-state index contributed by atoms with van der Waals surface area (Å²) in [6, 6.07) is 10.3. The van der Waals surface area contributed by atoms with Crippen molar-refractivity contribution < 1.29 is 24.9 Å². The number of aliphatic carboxylic acids is 1. The fourth-order valence-electron chi connectivity index (χ4n) is 1.51. The van der Waals surface area contributed by atoms with Gasteiger partial charge in [-0.2, -0.15) is 0 Å². The number of rotatable bonds is 5. The third kappa shape index (κ3) is 76.6. The first-order chi connectivity index (χ1) is 13.4. The van der Waals surface area contributed by atoms with Crippen LogP contribution in [-0.4, -0.2) is 33.2 Å². The number of ketones is 1. The molecule has 0 unspecified atom stereocenters. The molecule has 0 amide bonds. The molecule has 1 aromatic rings. The van der Waals surface area contributed by atoms with Crippen LogP contribution in [0.4, 0.5) is 0 Å². The summed E-state index contributed by atoms with van der Waals surface area (Å²) in [5.74, 6) is -0.896. The summed E-state index contributed by atoms with van der Waals surface area (Å²) in [4.78, 5) is 19.0. The highest BCUT2D eigenvalue weighted by molar-refractivity contribution is 5.87. The number of carbonyl (C=O) groups excluding carboxylic acids is 1. The molecule has 0 aliphatic rings. The van der Waals surface area contributed by atoms with Crippen molar-refractivity contribution in [3.05, 3.63) is 47.7 Å². The molecule has 0 aliphatic heterocycles. The van der Waals surface area contributed by atoms with Crippen molar-refractivity contribution in [2.75, 3.05) is 0 Å². The van der Waals surface area contributed by atoms with Crippen LogP contribution in [0, 0.1) is 6.92 Å². The van der Waals surface area contributed by atoms with E-state index in [1.807, 2.05) is 18.2 Å². The lowest BCUT2D eigenvalue weighted by molar-refractivity contribution is -0.134. The van der Waals surface area contributed by atoms with Crippen molar-refractivity contribution in [3.8, 4) is 0 Å². The molecule has 0 fully saturated rings. The molecule has 5 heteroatoms. The monoisotopic (exact) mass is 412 g/mol. The van der Waals surface area contributed by atoms with E-state index in [4.69, 9.17) is 20.1 Å². The summed E-state index contributed by atoms with van der Waals surface area (Å²) in [5.41, 5.74) is 1.32. The highest BCUT2D eigenvalue weighted by atomic mass is 16.4. The van der Waals surface area contributed by atoms with E-state index >= 15 is 0 Å². The van der Waals surface area contributed by atoms with Gasteiger partial charge >= 0.3 is 0 Å². The first-order valence-corrected chi connectivity index (χ1v) is 10.2. The van der Waals surface area contributed by atoms with Crippen molar-refractivity contribution in [2.24, 2.45) is 0 Å². The van der Waals surface area contributed by atoms with E-state index in [-0.39, 0.29) is 17.6 Å². The number of aliphatic hydroxyl groups is 2. The van der Waals surface area contributed by atoms with E-state index in [1.54, 1.807) is 13.8 Å². The lowest BCUT2D eigenvalue weighted by atomic mass is 10.2. The van der Waals surface area contributed by atoms with Crippen molar-refractivity contribution in [2.45, 2.75) is 93.6 Å². The molecule has 1 rings (SSSR count). The third-order valence-corrected chi connectivity index (χ3v) is 2.56. The molecule has 0 aromatic heterocycles. The summed E-state index contributed by atoms with van der Waals surface area (Å²) < 4.78 is 0. The van der Waals surface area contributed by atoms with Gasteiger partial charge in [0.05, 0.1) is 5.76 Å². The van der Waals surface area contributed by atoms with Gasteiger partial charge in [-0.3, -0.25) is 9.59 Å². The molecule has 0 bridgehead atoms. The van der Waals surface area contributed by atoms with Crippen LogP contribution in [-0.2, 0) is 9.59 Å². The molecule has 5 nitrogen and oxygen atoms in total. The van der Waals surface area contributed by atoms with Crippen LogP contribution in [0.25, 0.3) is 0 Å². The molecule has 1 aromatic carbocycles. The normalized spacial score (nSPS) is 9.24. The van der Waals surface area contributed by atoms with Gasteiger partial charge in [-0.1, -0.05) is 81.8 Å². The molecule has 0 saturated carbocycles. The number of unbranched alkanes of at least 4 members (excludes halogenated alkanes) is 4. The molecular formula is C24H44O5. The molecular weight excluding hydrogens is 368 g/mol. The van der Waals surface area contributed by atoms with Gasteiger partial charge in [-0.15, -0.1) is 0 Å². The van der Waals surface area contributed by atoms with E-state index in [0.717, 1.165) is 6.92 Å². The Morgan fingerprint density at radius 3 is 1.38 bits per heavy atom. The quantitative estimate of drug-likeness (QED) is 0.292. The van der Waals surface area contributed by atoms with E-state index in [1.165, 1.54) is 57.6 Å². The second kappa shape index (κ2) is 28.1. The predicted octanol–water partition coefficient (Wildman–Crippen LogP) is 6.49. The van der Waals surface area contributed by atoms with Gasteiger partial charge < -0.3 is 15.3 Å². The van der Waals surface area contributed by atoms with Gasteiger partial charge in [0.1, 0.15) is 0 Å². The fraction of sp³-hybridized carbons (Fsp3) is 0.583. The number of benzene rings is 1. The maximum atomic E-state index is 10.0. The Balaban J connectivity index is -0.000000138. The number of carboxylic acid groups (broad SMARTS) is 1. The van der Waals surface area contributed by atoms with Crippen LogP contribution >= 0.6 is 0 Å². The van der Waals surface area contributed by atoms with Crippen molar-refractivity contribution in [3.63, 3.8) is 0 Å². The zero-order chi connectivity index (χ0) is 23.7. The van der Waals surface area contributed by atoms with Gasteiger partial charge in [-0.25, -0.2) is 0 Å². The minimum Gasteiger partial charge on any atom is -0.512 e. The maximum absolute atomic E-state index is 10.0. The number of carbonyl (C=O) groups is 2. The highest BCUT2D eigenvalue weighted by Crippen LogP contribution is 2.00. The Morgan fingerprint density at radius 2 is 1.24 bits per heavy atom. The van der Waals surface area contributed by atoms with E-state index in [0.29, 0.717) is 0 Å². The summed E-state index contributed by atoms with van der Waals surface area (Å²) in [6.45, 7) is 14.0. The average Bonchev–Trinajstić information content (AvgIpc) is 2.55. The summed E-state index contributed by atoms with van der Waals surface area (Å²) in [7, 11) is 0. The lowest BCUT2D eigenvalue weighted by Gasteiger charge is -1.90. The standard InChI is InChI=1S/C7H8.C7H16.C5H8O2.C3H8O.C2H4O2/c1-7-5-3-2-4-6-7;1-3-5-7-6-4-2;1-4(6)3-5(2)7;1-3(2)4;1-2(3)4/h2-6H,1H3;3-7H2,1-2H3;3,6H,1-2H3;3-4H,1-2H3;1H3,(H,3,4)/b;;4-3-;;. The minimum absolute atomic E-state index is 0.0625. The number of carboxylic acids is 1. The van der Waals surface area contributed by atoms with E-state index in [9.17, 15) is 4.79 Å². The average molecular weight is 413 g/mol. The zero-order valence-corrected chi connectivity index (χ0v) is 19.7. The van der Waals surface area contributed by atoms with Gasteiger partial charge in [0.15, 0.2) is 5.78 Å². The predicted molar refractivity (Wildman–Crippen MR) is 123 cm³/mol. The van der Waals surface area contributed by atoms with Crippen molar-refractivity contribution >= 4 is 11.8 Å². The number of aryl methyl sites for hydroxylation is 1. The van der Waals surface area contributed by atoms with Crippen molar-refractivity contribution in [1.82, 2.24) is 0 Å². The van der Waals surface area contributed by atoms with Crippen molar-refractivity contribution in [1.29, 1.82) is 0 Å². The topological polar surface area (TPSA) is 94.8 Å². The van der Waals surface area contributed by atoms with E-state index < -0.39 is 5.97 Å². The SMILES string of the molecule is CC(=O)/C=C(/C)O.CC(=O)O.CC(C)O.CCCCCCC.Cc1ccccc1. The maximum Gasteiger partial charge on any atom is 0.300 e. The summed E-state index contributed by atoms with van der Waals surface area (Å²) in [5, 5.41) is 23.8. The molecule has 0 radical (unpaired) electrons. The molecule has 0 aliphatic carbocycles. The minimum atomic E-state index is -0.833. The fourth-order valence-corrected chi connectivity index (χ4v) is 1.51. The molecule has 170 valence electrons. The van der Waals surface area contributed by atoms with E-state index in [2.05, 4.69) is 32.9 Å². The van der Waals surface area contributed by atoms with Crippen LogP contribution in [0.2, 0.25) is 0 Å². The van der Waals surface area contributed by atoms with Crippen LogP contribution in [0.5, 0.6) is 0 Å². The smallest absolute Gasteiger partial charge is 0.300 e. The first-order valence-electron chi connectivity index (χ1n) is 10.2. The molecule has 0 spiro atoms. The molecule has 0 atom stereocenters. The molecule has 0 saturated heterocycles. The number of hydrogen-bond donors (Lipinski definition) is 3. The lowest BCUT2D eigenvalue weighted by Crippen LogP contribution is -1.85. The Hall–Kier alpha value is -2.14. The third-order valence-electron chi connectivity index (χ3n) is 2.56. The number of aliphatic hydroxyl groups excluding tert-OH is 2. The van der Waals surface area contributed by atoms with Gasteiger partial charge in [0.2, 0.25) is 0 Å². The Morgan fingerprint density at radius 1 is 0.897 bits per heavy atom. The largest absolute Gasteiger partial charge is 0.512 e. The zero-order valence-electron chi connectivity index (χ0n) is 19.7. The van der Waals surface area contributed by atoms with Gasteiger partial charge in [-0.05, 0) is 34.6 Å². The Labute approximate surface area is 178 Å². The van der Waals surface area contributed by atoms with Crippen LogP contribution in [0.15, 0.2) is 42.2 Å². The van der Waals surface area contributed by atoms with Crippen LogP contribution in [0.1, 0.15) is 86.1 Å². The number of hydrogen-bond acceptors (Lipinski definition) is 4. The Kier molecular flexibility index (Phi) is 33.3. The van der Waals surface area contributed by atoms with Gasteiger partial charge in [0, 0.05) is 19.1 Å². The second-order valence-electron chi connectivity index (χ2n) is 6.72. The van der Waals surface area contributed by atoms with Crippen LogP contribution < -0.4 is 0 Å². The summed E-state index contributed by atoms with van der Waals surface area (Å²) >= 11 is 0. The molecule has 0 heterocycles. The molecule has 29 heavy (non-hydrogen) atoms.